The highest BCUT2D eigenvalue weighted by atomic mass is 16.1. The zero-order valence-electron chi connectivity index (χ0n) is 17.1. The summed E-state index contributed by atoms with van der Waals surface area (Å²) in [5.74, 6) is 0.190. The molecule has 0 saturated carbocycles. The first kappa shape index (κ1) is 20.0. The zero-order chi connectivity index (χ0) is 20.0. The van der Waals surface area contributed by atoms with E-state index in [1.165, 1.54) is 16.7 Å². The summed E-state index contributed by atoms with van der Waals surface area (Å²) in [6.45, 7) is 2.10. The van der Waals surface area contributed by atoms with Crippen molar-refractivity contribution in [2.24, 2.45) is 0 Å². The summed E-state index contributed by atoms with van der Waals surface area (Å²) in [5.41, 5.74) is 3.93. The molecule has 0 aliphatic rings. The van der Waals surface area contributed by atoms with E-state index in [0.717, 1.165) is 18.4 Å². The number of rotatable bonds is 8. The second-order valence-electron chi connectivity index (χ2n) is 7.63. The second-order valence-corrected chi connectivity index (χ2v) is 7.63. The van der Waals surface area contributed by atoms with Crippen molar-refractivity contribution in [2.75, 3.05) is 14.1 Å². The molecule has 0 saturated heterocycles. The summed E-state index contributed by atoms with van der Waals surface area (Å²) in [4.78, 5) is 15.7. The van der Waals surface area contributed by atoms with E-state index in [0.29, 0.717) is 6.42 Å². The van der Waals surface area contributed by atoms with Crippen LogP contribution in [0.3, 0.4) is 0 Å². The molecular formula is C26H29NO. The van der Waals surface area contributed by atoms with Crippen LogP contribution in [-0.2, 0) is 12.8 Å². The van der Waals surface area contributed by atoms with Gasteiger partial charge >= 0.3 is 0 Å². The highest BCUT2D eigenvalue weighted by molar-refractivity contribution is 6.03. The number of hydrogen-bond donors (Lipinski definition) is 0. The Morgan fingerprint density at radius 2 is 1.25 bits per heavy atom. The number of carbonyl (C=O) groups is 1. The Kier molecular flexibility index (Phi) is 6.43. The third kappa shape index (κ3) is 4.40. The Morgan fingerprint density at radius 3 is 1.75 bits per heavy atom. The summed E-state index contributed by atoms with van der Waals surface area (Å²) >= 11 is 0. The normalized spacial score (nSPS) is 13.3. The molecule has 3 aromatic carbocycles. The lowest BCUT2D eigenvalue weighted by Gasteiger charge is -2.38. The van der Waals surface area contributed by atoms with Crippen molar-refractivity contribution in [3.05, 3.63) is 107 Å². The summed E-state index contributed by atoms with van der Waals surface area (Å²) in [7, 11) is 4.02. The van der Waals surface area contributed by atoms with E-state index < -0.39 is 5.54 Å². The molecule has 0 heterocycles. The maximum atomic E-state index is 13.6. The summed E-state index contributed by atoms with van der Waals surface area (Å²) in [5, 5.41) is 0. The van der Waals surface area contributed by atoms with E-state index in [1.807, 2.05) is 50.5 Å². The fourth-order valence-electron chi connectivity index (χ4n) is 3.85. The molecular weight excluding hydrogens is 342 g/mol. The van der Waals surface area contributed by atoms with Crippen LogP contribution in [0, 0.1) is 0 Å². The average Bonchev–Trinajstić information content (AvgIpc) is 2.73. The maximum absolute atomic E-state index is 13.6. The van der Waals surface area contributed by atoms with Crippen LogP contribution in [0.15, 0.2) is 84.9 Å². The molecule has 0 amide bonds. The van der Waals surface area contributed by atoms with Gasteiger partial charge in [-0.3, -0.25) is 9.69 Å². The van der Waals surface area contributed by atoms with Gasteiger partial charge in [-0.05, 0) is 50.0 Å². The van der Waals surface area contributed by atoms with Gasteiger partial charge in [-0.1, -0.05) is 91.9 Å². The maximum Gasteiger partial charge on any atom is 0.183 e. The van der Waals surface area contributed by atoms with Crippen molar-refractivity contribution in [3.63, 3.8) is 0 Å². The van der Waals surface area contributed by atoms with Crippen molar-refractivity contribution in [1.29, 1.82) is 0 Å². The van der Waals surface area contributed by atoms with Crippen LogP contribution in [0.4, 0.5) is 0 Å². The Hall–Kier alpha value is -2.71. The average molecular weight is 372 g/mol. The molecule has 3 aromatic rings. The van der Waals surface area contributed by atoms with Gasteiger partial charge in [0.15, 0.2) is 5.78 Å². The lowest BCUT2D eigenvalue weighted by atomic mass is 9.80. The van der Waals surface area contributed by atoms with Gasteiger partial charge in [0.2, 0.25) is 0 Å². The minimum absolute atomic E-state index is 0.190. The van der Waals surface area contributed by atoms with Gasteiger partial charge in [0, 0.05) is 5.56 Å². The smallest absolute Gasteiger partial charge is 0.183 e. The lowest BCUT2D eigenvalue weighted by Crippen LogP contribution is -2.52. The molecule has 2 nitrogen and oxygen atoms in total. The van der Waals surface area contributed by atoms with Crippen LogP contribution in [-0.4, -0.2) is 30.3 Å². The van der Waals surface area contributed by atoms with Crippen LogP contribution in [0.1, 0.15) is 40.4 Å². The van der Waals surface area contributed by atoms with Gasteiger partial charge in [-0.25, -0.2) is 0 Å². The highest BCUT2D eigenvalue weighted by Gasteiger charge is 2.39. The number of nitrogens with zero attached hydrogens (tertiary/aromatic N) is 1. The minimum Gasteiger partial charge on any atom is -0.297 e. The monoisotopic (exact) mass is 371 g/mol. The standard InChI is InChI=1S/C26H29NO/c1-4-26(27(2)3,20-23-13-9-6-10-14-23)25(28)24-17-15-22(16-18-24)19-21-11-7-5-8-12-21/h5-18H,4,19-20H2,1-3H3. The van der Waals surface area contributed by atoms with Crippen molar-refractivity contribution < 1.29 is 4.79 Å². The van der Waals surface area contributed by atoms with Gasteiger partial charge in [-0.2, -0.15) is 0 Å². The van der Waals surface area contributed by atoms with Crippen LogP contribution in [0.5, 0.6) is 0 Å². The number of hydrogen-bond acceptors (Lipinski definition) is 2. The molecule has 2 heteroatoms. The molecule has 1 atom stereocenters. The first-order valence-corrected chi connectivity index (χ1v) is 9.94. The van der Waals surface area contributed by atoms with Crippen LogP contribution in [0.25, 0.3) is 0 Å². The van der Waals surface area contributed by atoms with E-state index in [4.69, 9.17) is 0 Å². The Balaban J connectivity index is 1.84. The third-order valence-corrected chi connectivity index (χ3v) is 5.67. The Morgan fingerprint density at radius 1 is 0.750 bits per heavy atom. The van der Waals surface area contributed by atoms with E-state index in [2.05, 4.69) is 60.4 Å². The molecule has 0 N–H and O–H groups in total. The first-order chi connectivity index (χ1) is 13.5. The quantitative estimate of drug-likeness (QED) is 0.493. The summed E-state index contributed by atoms with van der Waals surface area (Å²) in [6, 6.07) is 28.8. The largest absolute Gasteiger partial charge is 0.297 e. The van der Waals surface area contributed by atoms with Crippen LogP contribution >= 0.6 is 0 Å². The topological polar surface area (TPSA) is 20.3 Å². The highest BCUT2D eigenvalue weighted by Crippen LogP contribution is 2.28. The van der Waals surface area contributed by atoms with Crippen molar-refractivity contribution in [3.8, 4) is 0 Å². The van der Waals surface area contributed by atoms with Crippen molar-refractivity contribution in [2.45, 2.75) is 31.7 Å². The Bertz CT molecular complexity index is 885. The predicted molar refractivity (Wildman–Crippen MR) is 117 cm³/mol. The fourth-order valence-corrected chi connectivity index (χ4v) is 3.85. The lowest BCUT2D eigenvalue weighted by molar-refractivity contribution is 0.0666. The van der Waals surface area contributed by atoms with E-state index >= 15 is 0 Å². The molecule has 0 spiro atoms. The van der Waals surface area contributed by atoms with Gasteiger partial charge in [0.25, 0.3) is 0 Å². The molecule has 0 radical (unpaired) electrons. The molecule has 28 heavy (non-hydrogen) atoms. The van der Waals surface area contributed by atoms with Crippen LogP contribution < -0.4 is 0 Å². The van der Waals surface area contributed by atoms with E-state index in [-0.39, 0.29) is 5.78 Å². The summed E-state index contributed by atoms with van der Waals surface area (Å²) in [6.07, 6.45) is 2.35. The number of ketones is 1. The second kappa shape index (κ2) is 8.99. The number of carbonyl (C=O) groups excluding carboxylic acids is 1. The molecule has 0 aliphatic heterocycles. The zero-order valence-corrected chi connectivity index (χ0v) is 17.1. The Labute approximate surface area is 168 Å². The van der Waals surface area contributed by atoms with E-state index in [1.54, 1.807) is 0 Å². The molecule has 3 rings (SSSR count). The molecule has 1 unspecified atom stereocenters. The van der Waals surface area contributed by atoms with E-state index in [9.17, 15) is 4.79 Å². The van der Waals surface area contributed by atoms with Crippen molar-refractivity contribution in [1.82, 2.24) is 4.90 Å². The first-order valence-electron chi connectivity index (χ1n) is 9.94. The van der Waals surface area contributed by atoms with Crippen LogP contribution in [0.2, 0.25) is 0 Å². The molecule has 0 aromatic heterocycles. The SMILES string of the molecule is CCC(Cc1ccccc1)(C(=O)c1ccc(Cc2ccccc2)cc1)N(C)C. The molecule has 144 valence electrons. The van der Waals surface area contributed by atoms with Gasteiger partial charge in [0.1, 0.15) is 0 Å². The predicted octanol–water partition coefficient (Wildman–Crippen LogP) is 5.41. The number of benzene rings is 3. The van der Waals surface area contributed by atoms with Gasteiger partial charge < -0.3 is 0 Å². The van der Waals surface area contributed by atoms with Gasteiger partial charge in [0.05, 0.1) is 5.54 Å². The number of likely N-dealkylation sites (N-methyl/N-ethyl adjacent to an activating group) is 1. The molecule has 0 fully saturated rings. The number of Topliss-reactive ketones (excluding diaryl/α,β-unsaturated/α-hetero) is 1. The molecule has 0 aliphatic carbocycles. The third-order valence-electron chi connectivity index (χ3n) is 5.67. The fraction of sp³-hybridized carbons (Fsp3) is 0.269. The van der Waals surface area contributed by atoms with Crippen molar-refractivity contribution >= 4 is 5.78 Å². The minimum atomic E-state index is -0.539. The molecule has 0 bridgehead atoms. The summed E-state index contributed by atoms with van der Waals surface area (Å²) < 4.78 is 0. The van der Waals surface area contributed by atoms with Gasteiger partial charge in [-0.15, -0.1) is 0 Å².